The second-order valence-electron chi connectivity index (χ2n) is 7.47. The van der Waals surface area contributed by atoms with Gasteiger partial charge in [-0.05, 0) is 61.6 Å². The summed E-state index contributed by atoms with van der Waals surface area (Å²) in [4.78, 5) is 12.1. The molecule has 138 valence electrons. The standard InChI is InChI=1S/C20H30N2O3/c1-13(17-9-14-4-6-16(17)8-14)21-12-20(23)22-11-15-5-7-18(24-2)19(10-15)25-3/h5,7,10,13-14,16-17,21H,4,6,8-9,11-12H2,1-3H3,(H,22,23)/t13-,14+,16+,17+/m1/s1. The molecule has 2 aliphatic carbocycles. The zero-order valence-electron chi connectivity index (χ0n) is 15.5. The lowest BCUT2D eigenvalue weighted by atomic mass is 9.84. The monoisotopic (exact) mass is 346 g/mol. The number of carbonyl (C=O) groups is 1. The van der Waals surface area contributed by atoms with E-state index in [9.17, 15) is 4.79 Å². The van der Waals surface area contributed by atoms with Gasteiger partial charge in [-0.3, -0.25) is 4.79 Å². The number of rotatable bonds is 8. The summed E-state index contributed by atoms with van der Waals surface area (Å²) in [6, 6.07) is 6.11. The second-order valence-corrected chi connectivity index (χ2v) is 7.47. The molecule has 25 heavy (non-hydrogen) atoms. The lowest BCUT2D eigenvalue weighted by molar-refractivity contribution is -0.120. The van der Waals surface area contributed by atoms with Crippen molar-refractivity contribution in [3.8, 4) is 11.5 Å². The maximum Gasteiger partial charge on any atom is 0.234 e. The van der Waals surface area contributed by atoms with E-state index in [4.69, 9.17) is 9.47 Å². The average Bonchev–Trinajstić information content (AvgIpc) is 3.27. The number of carbonyl (C=O) groups excluding carboxylic acids is 1. The van der Waals surface area contributed by atoms with Gasteiger partial charge in [0.15, 0.2) is 11.5 Å². The van der Waals surface area contributed by atoms with Crippen LogP contribution in [0.4, 0.5) is 0 Å². The maximum absolute atomic E-state index is 12.1. The normalized spacial score (nSPS) is 25.6. The van der Waals surface area contributed by atoms with E-state index in [0.717, 1.165) is 23.3 Å². The van der Waals surface area contributed by atoms with Gasteiger partial charge in [0.25, 0.3) is 0 Å². The predicted molar refractivity (Wildman–Crippen MR) is 97.8 cm³/mol. The fraction of sp³-hybridized carbons (Fsp3) is 0.650. The zero-order chi connectivity index (χ0) is 17.8. The third kappa shape index (κ3) is 4.27. The molecule has 2 fully saturated rings. The van der Waals surface area contributed by atoms with Crippen LogP contribution in [0.25, 0.3) is 0 Å². The molecule has 2 N–H and O–H groups in total. The molecule has 0 saturated heterocycles. The van der Waals surface area contributed by atoms with Crippen molar-refractivity contribution in [2.45, 2.75) is 45.2 Å². The summed E-state index contributed by atoms with van der Waals surface area (Å²) in [5.41, 5.74) is 0.993. The lowest BCUT2D eigenvalue weighted by Crippen LogP contribution is -2.42. The molecule has 1 aromatic rings. The SMILES string of the molecule is COc1ccc(CNC(=O)CN[C@H](C)[C@@H]2C[C@H]3CC[C@H]2C3)cc1OC. The summed E-state index contributed by atoms with van der Waals surface area (Å²) in [6.45, 7) is 3.10. The van der Waals surface area contributed by atoms with Crippen molar-refractivity contribution >= 4 is 5.91 Å². The molecule has 3 rings (SSSR count). The molecule has 1 aromatic carbocycles. The van der Waals surface area contributed by atoms with Gasteiger partial charge in [0.2, 0.25) is 5.91 Å². The molecule has 2 saturated carbocycles. The first-order valence-electron chi connectivity index (χ1n) is 9.31. The number of fused-ring (bicyclic) bond motifs is 2. The van der Waals surface area contributed by atoms with Crippen LogP contribution in [-0.2, 0) is 11.3 Å². The number of methoxy groups -OCH3 is 2. The quantitative estimate of drug-likeness (QED) is 0.760. The summed E-state index contributed by atoms with van der Waals surface area (Å²) < 4.78 is 10.5. The predicted octanol–water partition coefficient (Wildman–Crippen LogP) is 2.73. The Morgan fingerprint density at radius 2 is 2.00 bits per heavy atom. The summed E-state index contributed by atoms with van der Waals surface area (Å²) in [6.07, 6.45) is 5.54. The number of hydrogen-bond donors (Lipinski definition) is 2. The van der Waals surface area contributed by atoms with Gasteiger partial charge in [0.1, 0.15) is 0 Å². The Morgan fingerprint density at radius 3 is 2.64 bits per heavy atom. The highest BCUT2D eigenvalue weighted by Gasteiger charge is 2.41. The van der Waals surface area contributed by atoms with Crippen molar-refractivity contribution in [1.82, 2.24) is 10.6 Å². The largest absolute Gasteiger partial charge is 0.493 e. The Balaban J connectivity index is 1.42. The van der Waals surface area contributed by atoms with E-state index >= 15 is 0 Å². The molecule has 2 aliphatic rings. The fourth-order valence-corrected chi connectivity index (χ4v) is 4.57. The fourth-order valence-electron chi connectivity index (χ4n) is 4.57. The van der Waals surface area contributed by atoms with E-state index in [1.807, 2.05) is 18.2 Å². The van der Waals surface area contributed by atoms with Crippen molar-refractivity contribution in [3.05, 3.63) is 23.8 Å². The van der Waals surface area contributed by atoms with Crippen LogP contribution >= 0.6 is 0 Å². The van der Waals surface area contributed by atoms with Crippen molar-refractivity contribution in [2.24, 2.45) is 17.8 Å². The molecule has 0 heterocycles. The molecule has 0 aliphatic heterocycles. The van der Waals surface area contributed by atoms with Crippen LogP contribution in [0.5, 0.6) is 11.5 Å². The molecule has 0 unspecified atom stereocenters. The van der Waals surface area contributed by atoms with E-state index in [1.54, 1.807) is 14.2 Å². The minimum absolute atomic E-state index is 0.0322. The minimum atomic E-state index is 0.0322. The number of amides is 1. The molecule has 0 radical (unpaired) electrons. The van der Waals surface area contributed by atoms with Gasteiger partial charge < -0.3 is 20.1 Å². The van der Waals surface area contributed by atoms with Crippen molar-refractivity contribution < 1.29 is 14.3 Å². The van der Waals surface area contributed by atoms with Crippen LogP contribution in [-0.4, -0.2) is 32.7 Å². The number of nitrogens with one attached hydrogen (secondary N) is 2. The van der Waals surface area contributed by atoms with Crippen molar-refractivity contribution in [2.75, 3.05) is 20.8 Å². The molecule has 5 nitrogen and oxygen atoms in total. The third-order valence-electron chi connectivity index (χ3n) is 5.96. The van der Waals surface area contributed by atoms with Gasteiger partial charge in [0.05, 0.1) is 20.8 Å². The highest BCUT2D eigenvalue weighted by Crippen LogP contribution is 2.49. The van der Waals surface area contributed by atoms with Gasteiger partial charge in [0, 0.05) is 12.6 Å². The van der Waals surface area contributed by atoms with Crippen LogP contribution in [0.3, 0.4) is 0 Å². The summed E-state index contributed by atoms with van der Waals surface area (Å²) >= 11 is 0. The molecule has 2 bridgehead atoms. The van der Waals surface area contributed by atoms with Gasteiger partial charge in [-0.2, -0.15) is 0 Å². The Kier molecular flexibility index (Phi) is 5.84. The first-order chi connectivity index (χ1) is 12.1. The number of benzene rings is 1. The highest BCUT2D eigenvalue weighted by atomic mass is 16.5. The lowest BCUT2D eigenvalue weighted by Gasteiger charge is -2.28. The second kappa shape index (κ2) is 8.09. The summed E-state index contributed by atoms with van der Waals surface area (Å²) in [5, 5.41) is 6.40. The summed E-state index contributed by atoms with van der Waals surface area (Å²) in [7, 11) is 3.23. The van der Waals surface area contributed by atoms with Gasteiger partial charge >= 0.3 is 0 Å². The van der Waals surface area contributed by atoms with Crippen LogP contribution in [0.2, 0.25) is 0 Å². The molecule has 4 atom stereocenters. The first kappa shape index (κ1) is 18.1. The smallest absolute Gasteiger partial charge is 0.234 e. The van der Waals surface area contributed by atoms with E-state index < -0.39 is 0 Å². The van der Waals surface area contributed by atoms with E-state index in [2.05, 4.69) is 17.6 Å². The minimum Gasteiger partial charge on any atom is -0.493 e. The van der Waals surface area contributed by atoms with E-state index in [-0.39, 0.29) is 5.91 Å². The molecule has 0 spiro atoms. The van der Waals surface area contributed by atoms with Crippen LogP contribution in [0.15, 0.2) is 18.2 Å². The molecule has 0 aromatic heterocycles. The Hall–Kier alpha value is -1.75. The van der Waals surface area contributed by atoms with Gasteiger partial charge in [-0.25, -0.2) is 0 Å². The molecular weight excluding hydrogens is 316 g/mol. The number of hydrogen-bond acceptors (Lipinski definition) is 4. The Labute approximate surface area is 150 Å². The molecule has 1 amide bonds. The summed E-state index contributed by atoms with van der Waals surface area (Å²) in [5.74, 6) is 3.97. The van der Waals surface area contributed by atoms with Gasteiger partial charge in [-0.15, -0.1) is 0 Å². The molecular formula is C20H30N2O3. The Bertz CT molecular complexity index is 605. The maximum atomic E-state index is 12.1. The van der Waals surface area contributed by atoms with Crippen molar-refractivity contribution in [3.63, 3.8) is 0 Å². The topological polar surface area (TPSA) is 59.6 Å². The van der Waals surface area contributed by atoms with Crippen LogP contribution in [0, 0.1) is 17.8 Å². The zero-order valence-corrected chi connectivity index (χ0v) is 15.5. The average molecular weight is 346 g/mol. The Morgan fingerprint density at radius 1 is 1.20 bits per heavy atom. The number of ether oxygens (including phenoxy) is 2. The first-order valence-corrected chi connectivity index (χ1v) is 9.31. The van der Waals surface area contributed by atoms with E-state index in [1.165, 1.54) is 25.7 Å². The van der Waals surface area contributed by atoms with Crippen LogP contribution < -0.4 is 20.1 Å². The van der Waals surface area contributed by atoms with Gasteiger partial charge in [-0.1, -0.05) is 12.5 Å². The highest BCUT2D eigenvalue weighted by molar-refractivity contribution is 5.78. The van der Waals surface area contributed by atoms with Crippen molar-refractivity contribution in [1.29, 1.82) is 0 Å². The molecule has 5 heteroatoms. The van der Waals surface area contributed by atoms with Crippen LogP contribution in [0.1, 0.15) is 38.2 Å². The third-order valence-corrected chi connectivity index (χ3v) is 5.96. The van der Waals surface area contributed by atoms with E-state index in [0.29, 0.717) is 30.6 Å².